The summed E-state index contributed by atoms with van der Waals surface area (Å²) in [5.41, 5.74) is 4.14. The van der Waals surface area contributed by atoms with Gasteiger partial charge in [0.15, 0.2) is 0 Å². The Labute approximate surface area is 179 Å². The molecular weight excluding hydrogens is 372 g/mol. The lowest BCUT2D eigenvalue weighted by atomic mass is 9.67. The number of pyridine rings is 1. The Bertz CT molecular complexity index is 905. The number of hydrogen-bond donors (Lipinski definition) is 1. The molecule has 0 amide bonds. The molecule has 2 aromatic rings. The summed E-state index contributed by atoms with van der Waals surface area (Å²) in [7, 11) is 0. The van der Waals surface area contributed by atoms with Gasteiger partial charge in [-0.2, -0.15) is 0 Å². The fraction of sp³-hybridized carbons (Fsp3) is 0.577. The van der Waals surface area contributed by atoms with Crippen molar-refractivity contribution in [3.63, 3.8) is 0 Å². The maximum absolute atomic E-state index is 6.47. The Balaban J connectivity index is 1.17. The molecule has 3 heterocycles. The van der Waals surface area contributed by atoms with Crippen LogP contribution in [0.4, 0.5) is 0 Å². The van der Waals surface area contributed by atoms with Crippen LogP contribution in [0.2, 0.25) is 0 Å². The minimum atomic E-state index is 0.109. The van der Waals surface area contributed by atoms with Crippen LogP contribution in [-0.2, 0) is 23.1 Å². The molecule has 1 N–H and O–H groups in total. The van der Waals surface area contributed by atoms with E-state index in [-0.39, 0.29) is 11.0 Å². The first-order valence-corrected chi connectivity index (χ1v) is 11.8. The lowest BCUT2D eigenvalue weighted by Crippen LogP contribution is -2.48. The van der Waals surface area contributed by atoms with E-state index in [2.05, 4.69) is 35.6 Å². The maximum Gasteiger partial charge on any atom is 0.127 e. The van der Waals surface area contributed by atoms with Crippen LogP contribution in [0.3, 0.4) is 0 Å². The van der Waals surface area contributed by atoms with E-state index in [1.165, 1.54) is 36.1 Å². The van der Waals surface area contributed by atoms with Crippen molar-refractivity contribution in [2.24, 2.45) is 11.8 Å². The van der Waals surface area contributed by atoms with Gasteiger partial charge in [-0.05, 0) is 74.6 Å². The first kappa shape index (κ1) is 18.8. The molecule has 0 radical (unpaired) electrons. The van der Waals surface area contributed by atoms with Gasteiger partial charge in [-0.1, -0.05) is 24.3 Å². The van der Waals surface area contributed by atoms with Crippen LogP contribution in [0.5, 0.6) is 5.75 Å². The van der Waals surface area contributed by atoms with E-state index < -0.39 is 0 Å². The van der Waals surface area contributed by atoms with Crippen LogP contribution in [0.25, 0.3) is 0 Å². The number of rotatable bonds is 6. The number of nitrogens with one attached hydrogen (secondary N) is 1. The van der Waals surface area contributed by atoms with Crippen molar-refractivity contribution in [1.29, 1.82) is 0 Å². The molecule has 4 aliphatic rings. The fourth-order valence-electron chi connectivity index (χ4n) is 6.54. The molecule has 30 heavy (non-hydrogen) atoms. The fourth-order valence-corrected chi connectivity index (χ4v) is 6.54. The topological polar surface area (TPSA) is 43.4 Å². The highest BCUT2D eigenvalue weighted by Gasteiger charge is 2.58. The van der Waals surface area contributed by atoms with Crippen molar-refractivity contribution in [2.75, 3.05) is 19.8 Å². The smallest absolute Gasteiger partial charge is 0.127 e. The van der Waals surface area contributed by atoms with Crippen LogP contribution in [0, 0.1) is 11.8 Å². The average Bonchev–Trinajstić information content (AvgIpc) is 3.16. The second kappa shape index (κ2) is 7.35. The van der Waals surface area contributed by atoms with Gasteiger partial charge < -0.3 is 14.8 Å². The normalized spacial score (nSPS) is 33.9. The summed E-state index contributed by atoms with van der Waals surface area (Å²) in [4.78, 5) is 4.84. The van der Waals surface area contributed by atoms with Crippen molar-refractivity contribution in [3.8, 4) is 5.75 Å². The SMILES string of the molecule is c1ccc([C@@]2(CCNCc3cccc4c3OCC4)CCOC3(CC4CC4C3)C2)nc1. The minimum Gasteiger partial charge on any atom is -0.493 e. The third-order valence-electron chi connectivity index (χ3n) is 8.09. The number of para-hydroxylation sites is 1. The summed E-state index contributed by atoms with van der Waals surface area (Å²) in [5, 5.41) is 3.72. The maximum atomic E-state index is 6.47. The zero-order valence-corrected chi connectivity index (χ0v) is 17.7. The highest BCUT2D eigenvalue weighted by atomic mass is 16.5. The van der Waals surface area contributed by atoms with E-state index in [4.69, 9.17) is 14.5 Å². The number of hydrogen-bond acceptors (Lipinski definition) is 4. The second-order valence-corrected chi connectivity index (χ2v) is 10.0. The van der Waals surface area contributed by atoms with Gasteiger partial charge >= 0.3 is 0 Å². The Morgan fingerprint density at radius 2 is 2.00 bits per heavy atom. The third kappa shape index (κ3) is 3.34. The number of aromatic nitrogens is 1. The largest absolute Gasteiger partial charge is 0.493 e. The van der Waals surface area contributed by atoms with Gasteiger partial charge in [-0.25, -0.2) is 0 Å². The summed E-state index contributed by atoms with van der Waals surface area (Å²) in [5.74, 6) is 2.98. The Hall–Kier alpha value is -1.91. The Morgan fingerprint density at radius 3 is 2.87 bits per heavy atom. The zero-order valence-electron chi connectivity index (χ0n) is 17.7. The van der Waals surface area contributed by atoms with E-state index >= 15 is 0 Å². The Morgan fingerprint density at radius 1 is 1.07 bits per heavy atom. The monoisotopic (exact) mass is 404 g/mol. The van der Waals surface area contributed by atoms with E-state index in [0.29, 0.717) is 0 Å². The number of fused-ring (bicyclic) bond motifs is 2. The molecule has 158 valence electrons. The predicted molar refractivity (Wildman–Crippen MR) is 117 cm³/mol. The van der Waals surface area contributed by atoms with E-state index in [1.807, 2.05) is 12.3 Å². The van der Waals surface area contributed by atoms with Crippen molar-refractivity contribution >= 4 is 0 Å². The quantitative estimate of drug-likeness (QED) is 0.724. The summed E-state index contributed by atoms with van der Waals surface area (Å²) in [6, 6.07) is 13.0. The molecule has 2 aliphatic carbocycles. The average molecular weight is 405 g/mol. The summed E-state index contributed by atoms with van der Waals surface area (Å²) in [6.45, 7) is 3.55. The molecular formula is C26H32N2O2. The lowest BCUT2D eigenvalue weighted by Gasteiger charge is -2.47. The van der Waals surface area contributed by atoms with Crippen LogP contribution in [0.1, 0.15) is 55.3 Å². The predicted octanol–water partition coefficient (Wildman–Crippen LogP) is 4.41. The number of ether oxygens (including phenoxy) is 2. The van der Waals surface area contributed by atoms with E-state index in [1.54, 1.807) is 0 Å². The molecule has 2 aliphatic heterocycles. The Kier molecular flexibility index (Phi) is 4.61. The standard InChI is InChI=1S/C26H32N2O2/c1-2-10-28-23(6-1)25(9-13-30-26(18-25)15-21-14-22(21)16-26)8-11-27-17-20-5-3-4-19-7-12-29-24(19)20/h1-6,10,21-22,27H,7-9,11-18H2/t21?,22?,25-,26?/m0/s1. The molecule has 1 aromatic carbocycles. The highest BCUT2D eigenvalue weighted by molar-refractivity contribution is 5.43. The minimum absolute atomic E-state index is 0.109. The van der Waals surface area contributed by atoms with Crippen molar-refractivity contribution < 1.29 is 9.47 Å². The number of benzene rings is 1. The van der Waals surface area contributed by atoms with E-state index in [9.17, 15) is 0 Å². The molecule has 3 fully saturated rings. The summed E-state index contributed by atoms with van der Waals surface area (Å²) in [6.07, 6.45) is 10.3. The van der Waals surface area contributed by atoms with Crippen LogP contribution in [0.15, 0.2) is 42.6 Å². The molecule has 1 saturated heterocycles. The first-order chi connectivity index (χ1) is 14.8. The summed E-state index contributed by atoms with van der Waals surface area (Å²) < 4.78 is 12.3. The summed E-state index contributed by atoms with van der Waals surface area (Å²) >= 11 is 0. The van der Waals surface area contributed by atoms with Gasteiger partial charge in [0.1, 0.15) is 5.75 Å². The molecule has 4 nitrogen and oxygen atoms in total. The zero-order chi connectivity index (χ0) is 20.0. The van der Waals surface area contributed by atoms with Crippen molar-refractivity contribution in [1.82, 2.24) is 10.3 Å². The van der Waals surface area contributed by atoms with Crippen LogP contribution >= 0.6 is 0 Å². The first-order valence-electron chi connectivity index (χ1n) is 11.8. The van der Waals surface area contributed by atoms with Crippen molar-refractivity contribution in [3.05, 3.63) is 59.4 Å². The molecule has 4 heteroatoms. The van der Waals surface area contributed by atoms with Gasteiger partial charge in [-0.3, -0.25) is 4.98 Å². The highest BCUT2D eigenvalue weighted by Crippen LogP contribution is 2.61. The second-order valence-electron chi connectivity index (χ2n) is 10.0. The van der Waals surface area contributed by atoms with Crippen LogP contribution in [-0.4, -0.2) is 30.3 Å². The van der Waals surface area contributed by atoms with Crippen molar-refractivity contribution in [2.45, 2.75) is 62.5 Å². The molecule has 2 saturated carbocycles. The molecule has 1 spiro atoms. The van der Waals surface area contributed by atoms with Crippen LogP contribution < -0.4 is 10.1 Å². The van der Waals surface area contributed by atoms with Gasteiger partial charge in [0.05, 0.1) is 12.2 Å². The molecule has 3 atom stereocenters. The molecule has 0 bridgehead atoms. The van der Waals surface area contributed by atoms with Gasteiger partial charge in [0, 0.05) is 42.4 Å². The molecule has 1 aromatic heterocycles. The van der Waals surface area contributed by atoms with Gasteiger partial charge in [-0.15, -0.1) is 0 Å². The lowest BCUT2D eigenvalue weighted by molar-refractivity contribution is -0.111. The van der Waals surface area contributed by atoms with Gasteiger partial charge in [0.25, 0.3) is 0 Å². The molecule has 2 unspecified atom stereocenters. The van der Waals surface area contributed by atoms with Gasteiger partial charge in [0.2, 0.25) is 0 Å². The third-order valence-corrected chi connectivity index (χ3v) is 8.09. The molecule has 6 rings (SSSR count). The van der Waals surface area contributed by atoms with E-state index in [0.717, 1.165) is 69.6 Å². The number of nitrogens with zero attached hydrogens (tertiary/aromatic N) is 1.